The first-order valence-corrected chi connectivity index (χ1v) is 9.09. The van der Waals surface area contributed by atoms with Gasteiger partial charge in [-0.1, -0.05) is 0 Å². The molecule has 0 heterocycles. The molecular formula is C6H14S2Zn. The zero-order valence-corrected chi connectivity index (χ0v) is 10.6. The molecule has 0 fully saturated rings. The Morgan fingerprint density at radius 2 is 1.33 bits per heavy atom. The van der Waals surface area contributed by atoms with Gasteiger partial charge in [-0.2, -0.15) is 0 Å². The van der Waals surface area contributed by atoms with Gasteiger partial charge in [0, 0.05) is 0 Å². The molecule has 0 rings (SSSR count). The van der Waals surface area contributed by atoms with Crippen LogP contribution in [0.3, 0.4) is 0 Å². The number of hydrogen-bond acceptors (Lipinski definition) is 2. The summed E-state index contributed by atoms with van der Waals surface area (Å²) in [6, 6.07) is 0. The molecule has 0 aromatic heterocycles. The molecule has 0 aliphatic carbocycles. The second-order valence-electron chi connectivity index (χ2n) is 2.21. The van der Waals surface area contributed by atoms with Gasteiger partial charge in [-0.05, 0) is 0 Å². The molecule has 3 heteroatoms. The molecule has 0 aliphatic rings. The van der Waals surface area contributed by atoms with Crippen molar-refractivity contribution in [3.05, 3.63) is 0 Å². The monoisotopic (exact) mass is 214 g/mol. The van der Waals surface area contributed by atoms with Crippen LogP contribution < -0.4 is 0 Å². The number of thiol groups is 2. The third-order valence-corrected chi connectivity index (χ3v) is 6.14. The fourth-order valence-electron chi connectivity index (χ4n) is 0.754. The Bertz CT molecular complexity index is 44.3. The quantitative estimate of drug-likeness (QED) is 0.380. The van der Waals surface area contributed by atoms with Crippen molar-refractivity contribution in [2.45, 2.75) is 22.9 Å². The fraction of sp³-hybridized carbons (Fsp3) is 1.00. The van der Waals surface area contributed by atoms with Crippen molar-refractivity contribution in [1.29, 1.82) is 0 Å². The summed E-state index contributed by atoms with van der Waals surface area (Å²) in [5, 5.41) is 3.06. The van der Waals surface area contributed by atoms with E-state index in [0.29, 0.717) is 0 Å². The summed E-state index contributed by atoms with van der Waals surface area (Å²) in [5.74, 6) is 2.18. The van der Waals surface area contributed by atoms with Gasteiger partial charge in [0.2, 0.25) is 0 Å². The third-order valence-electron chi connectivity index (χ3n) is 1.32. The second kappa shape index (κ2) is 9.32. The normalized spacial score (nSPS) is 9.11. The van der Waals surface area contributed by atoms with Crippen molar-refractivity contribution in [3.63, 3.8) is 0 Å². The Balaban J connectivity index is 2.60. The maximum atomic E-state index is 4.16. The van der Waals surface area contributed by atoms with Crippen LogP contribution in [0, 0.1) is 0 Å². The summed E-state index contributed by atoms with van der Waals surface area (Å²) in [5.41, 5.74) is 0. The van der Waals surface area contributed by atoms with E-state index in [1.54, 1.807) is 0 Å². The van der Waals surface area contributed by atoms with Crippen LogP contribution in [0.15, 0.2) is 0 Å². The molecule has 0 amide bonds. The van der Waals surface area contributed by atoms with Gasteiger partial charge in [-0.3, -0.25) is 0 Å². The summed E-state index contributed by atoms with van der Waals surface area (Å²) in [4.78, 5) is 0. The Morgan fingerprint density at radius 3 is 1.67 bits per heavy atom. The topological polar surface area (TPSA) is 0 Å². The van der Waals surface area contributed by atoms with Crippen molar-refractivity contribution < 1.29 is 17.1 Å². The van der Waals surface area contributed by atoms with E-state index in [0.717, 1.165) is 11.5 Å². The second-order valence-corrected chi connectivity index (χ2v) is 7.56. The molecule has 0 spiro atoms. The Morgan fingerprint density at radius 1 is 0.889 bits per heavy atom. The third kappa shape index (κ3) is 9.32. The van der Waals surface area contributed by atoms with Crippen LogP contribution >= 0.6 is 25.3 Å². The van der Waals surface area contributed by atoms with Crippen molar-refractivity contribution in [2.24, 2.45) is 0 Å². The molecule has 0 aliphatic heterocycles. The van der Waals surface area contributed by atoms with Gasteiger partial charge in [-0.25, -0.2) is 0 Å². The predicted molar refractivity (Wildman–Crippen MR) is 46.6 cm³/mol. The Kier molecular flexibility index (Phi) is 10.7. The standard InChI is InChI=1S/2C3H7S.Zn/c2*1-2-3-4;/h2*4H,1-3H2;. The van der Waals surface area contributed by atoms with Crippen LogP contribution in [0.4, 0.5) is 0 Å². The van der Waals surface area contributed by atoms with Crippen molar-refractivity contribution in [2.75, 3.05) is 11.5 Å². The van der Waals surface area contributed by atoms with E-state index in [-0.39, 0.29) is 17.1 Å². The molecule has 52 valence electrons. The van der Waals surface area contributed by atoms with E-state index in [1.807, 2.05) is 0 Å². The molecule has 0 bridgehead atoms. The van der Waals surface area contributed by atoms with Gasteiger partial charge in [0.1, 0.15) is 0 Å². The molecule has 0 saturated heterocycles. The van der Waals surface area contributed by atoms with Gasteiger partial charge in [0.15, 0.2) is 0 Å². The molecule has 0 nitrogen and oxygen atoms in total. The van der Waals surface area contributed by atoms with Crippen LogP contribution in [0.5, 0.6) is 0 Å². The van der Waals surface area contributed by atoms with Crippen LogP contribution in [0.25, 0.3) is 0 Å². The van der Waals surface area contributed by atoms with Crippen LogP contribution in [0.2, 0.25) is 10.0 Å². The summed E-state index contributed by atoms with van der Waals surface area (Å²) in [6.45, 7) is 0. The maximum absolute atomic E-state index is 4.16. The van der Waals surface area contributed by atoms with Crippen molar-refractivity contribution >= 4 is 25.3 Å². The van der Waals surface area contributed by atoms with Gasteiger partial charge < -0.3 is 0 Å². The van der Waals surface area contributed by atoms with Crippen molar-refractivity contribution in [3.8, 4) is 0 Å². The predicted octanol–water partition coefficient (Wildman–Crippen LogP) is 2.55. The summed E-state index contributed by atoms with van der Waals surface area (Å²) in [7, 11) is 0. The molecule has 0 radical (unpaired) electrons. The molecule has 0 saturated carbocycles. The Labute approximate surface area is 76.6 Å². The molecular weight excluding hydrogens is 202 g/mol. The molecule has 0 atom stereocenters. The number of rotatable bonds is 6. The molecule has 9 heavy (non-hydrogen) atoms. The van der Waals surface area contributed by atoms with E-state index in [4.69, 9.17) is 0 Å². The molecule has 0 N–H and O–H groups in total. The SMILES string of the molecule is SCC[CH2][Zn][CH2]CCS. The van der Waals surface area contributed by atoms with E-state index in [2.05, 4.69) is 25.3 Å². The molecule has 0 aromatic carbocycles. The van der Waals surface area contributed by atoms with Crippen LogP contribution in [-0.4, -0.2) is 11.5 Å². The summed E-state index contributed by atoms with van der Waals surface area (Å²) in [6.07, 6.45) is 2.71. The van der Waals surface area contributed by atoms with Gasteiger partial charge in [0.05, 0.1) is 0 Å². The Hall–Kier alpha value is 1.32. The minimum atomic E-state index is -0.0832. The van der Waals surface area contributed by atoms with Gasteiger partial charge in [-0.15, -0.1) is 0 Å². The van der Waals surface area contributed by atoms with E-state index in [1.165, 1.54) is 22.9 Å². The van der Waals surface area contributed by atoms with E-state index < -0.39 is 0 Å². The first kappa shape index (κ1) is 10.3. The average Bonchev–Trinajstić information content (AvgIpc) is 1.89. The van der Waals surface area contributed by atoms with Gasteiger partial charge in [0.25, 0.3) is 0 Å². The first-order chi connectivity index (χ1) is 4.41. The minimum absolute atomic E-state index is 0.0832. The van der Waals surface area contributed by atoms with Crippen LogP contribution in [-0.2, 0) is 17.1 Å². The zero-order chi connectivity index (χ0) is 6.95. The number of hydrogen-bond donors (Lipinski definition) is 2. The van der Waals surface area contributed by atoms with E-state index in [9.17, 15) is 0 Å². The summed E-state index contributed by atoms with van der Waals surface area (Å²) < 4.78 is 0. The summed E-state index contributed by atoms with van der Waals surface area (Å²) >= 11 is 8.24. The van der Waals surface area contributed by atoms with E-state index >= 15 is 0 Å². The average molecular weight is 216 g/mol. The molecule has 0 aromatic rings. The van der Waals surface area contributed by atoms with Crippen LogP contribution in [0.1, 0.15) is 12.8 Å². The molecule has 0 unspecified atom stereocenters. The van der Waals surface area contributed by atoms with Crippen molar-refractivity contribution in [1.82, 2.24) is 0 Å². The fourth-order valence-corrected chi connectivity index (χ4v) is 6.24. The van der Waals surface area contributed by atoms with Gasteiger partial charge >= 0.3 is 76.8 Å². The zero-order valence-electron chi connectivity index (χ0n) is 5.84. The first-order valence-electron chi connectivity index (χ1n) is 3.63.